The Morgan fingerprint density at radius 1 is 1.19 bits per heavy atom. The topological polar surface area (TPSA) is 65.1 Å². The predicted molar refractivity (Wildman–Crippen MR) is 98.3 cm³/mol. The molecule has 144 valence electrons. The summed E-state index contributed by atoms with van der Waals surface area (Å²) < 4.78 is 15.9. The highest BCUT2D eigenvalue weighted by Gasteiger charge is 2.39. The molecule has 0 aromatic heterocycles. The fraction of sp³-hybridized carbons (Fsp3) is 0.600. The van der Waals surface area contributed by atoms with E-state index in [-0.39, 0.29) is 18.0 Å². The summed E-state index contributed by atoms with van der Waals surface area (Å²) in [5.41, 5.74) is 0.483. The van der Waals surface area contributed by atoms with Gasteiger partial charge in [-0.15, -0.1) is 0 Å². The molecule has 1 saturated heterocycles. The van der Waals surface area contributed by atoms with Gasteiger partial charge in [-0.25, -0.2) is 4.79 Å². The Kier molecular flexibility index (Phi) is 6.51. The molecule has 1 amide bonds. The van der Waals surface area contributed by atoms with E-state index >= 15 is 0 Å². The molecule has 0 bridgehead atoms. The number of hydrogen-bond donors (Lipinski definition) is 0. The van der Waals surface area contributed by atoms with Crippen molar-refractivity contribution in [2.24, 2.45) is 5.92 Å². The van der Waals surface area contributed by atoms with Crippen molar-refractivity contribution in [2.45, 2.75) is 45.6 Å². The summed E-state index contributed by atoms with van der Waals surface area (Å²) >= 11 is 0. The maximum atomic E-state index is 12.5. The Bertz CT molecular complexity index is 620. The summed E-state index contributed by atoms with van der Waals surface area (Å²) in [7, 11) is 1.62. The van der Waals surface area contributed by atoms with Gasteiger partial charge in [0.05, 0.1) is 19.6 Å². The summed E-state index contributed by atoms with van der Waals surface area (Å²) in [6.07, 6.45) is 0.287. The molecule has 0 saturated carbocycles. The molecule has 1 aromatic rings. The minimum absolute atomic E-state index is 0.00126. The Morgan fingerprint density at radius 3 is 2.38 bits per heavy atom. The van der Waals surface area contributed by atoms with Crippen LogP contribution in [-0.4, -0.2) is 49.4 Å². The van der Waals surface area contributed by atoms with Crippen LogP contribution in [0.2, 0.25) is 0 Å². The van der Waals surface area contributed by atoms with Crippen LogP contribution >= 0.6 is 0 Å². The van der Waals surface area contributed by atoms with Crippen molar-refractivity contribution >= 4 is 12.1 Å². The number of carbonyl (C=O) groups excluding carboxylic acids is 2. The van der Waals surface area contributed by atoms with Gasteiger partial charge >= 0.3 is 12.1 Å². The lowest BCUT2D eigenvalue weighted by atomic mass is 9.80. The number of ether oxygens (including phenoxy) is 3. The van der Waals surface area contributed by atoms with E-state index in [1.807, 2.05) is 45.0 Å². The second-order valence-electron chi connectivity index (χ2n) is 7.45. The van der Waals surface area contributed by atoms with Gasteiger partial charge in [-0.1, -0.05) is 12.1 Å². The minimum Gasteiger partial charge on any atom is -0.497 e. The molecule has 0 radical (unpaired) electrons. The first-order valence-electron chi connectivity index (χ1n) is 9.03. The van der Waals surface area contributed by atoms with Crippen LogP contribution < -0.4 is 4.74 Å². The molecule has 0 unspecified atom stereocenters. The van der Waals surface area contributed by atoms with E-state index in [1.165, 1.54) is 0 Å². The van der Waals surface area contributed by atoms with Crippen LogP contribution in [0.4, 0.5) is 4.79 Å². The maximum absolute atomic E-state index is 12.5. The molecule has 1 fully saturated rings. The highest BCUT2D eigenvalue weighted by atomic mass is 16.6. The van der Waals surface area contributed by atoms with Gasteiger partial charge in [0, 0.05) is 19.0 Å². The van der Waals surface area contributed by atoms with Crippen molar-refractivity contribution in [1.29, 1.82) is 0 Å². The zero-order valence-electron chi connectivity index (χ0n) is 16.3. The van der Waals surface area contributed by atoms with Crippen LogP contribution in [-0.2, 0) is 14.3 Å². The van der Waals surface area contributed by atoms with Crippen LogP contribution in [0.5, 0.6) is 5.75 Å². The SMILES string of the molecule is CCOC(=O)[C@@H]1CN(C(=O)OC(C)(C)C)CC[C@H]1c1ccc(OC)cc1. The maximum Gasteiger partial charge on any atom is 0.410 e. The van der Waals surface area contributed by atoms with E-state index in [0.717, 1.165) is 11.3 Å². The summed E-state index contributed by atoms with van der Waals surface area (Å²) in [5, 5.41) is 0. The number of hydrogen-bond acceptors (Lipinski definition) is 5. The number of benzene rings is 1. The number of esters is 1. The monoisotopic (exact) mass is 363 g/mol. The van der Waals surface area contributed by atoms with Crippen molar-refractivity contribution in [3.63, 3.8) is 0 Å². The first-order valence-corrected chi connectivity index (χ1v) is 9.03. The highest BCUT2D eigenvalue weighted by molar-refractivity contribution is 5.76. The van der Waals surface area contributed by atoms with Gasteiger partial charge in [0.1, 0.15) is 11.4 Å². The lowest BCUT2D eigenvalue weighted by Crippen LogP contribution is -2.47. The van der Waals surface area contributed by atoms with Crippen molar-refractivity contribution in [3.05, 3.63) is 29.8 Å². The van der Waals surface area contributed by atoms with Crippen molar-refractivity contribution < 1.29 is 23.8 Å². The van der Waals surface area contributed by atoms with Gasteiger partial charge in [-0.05, 0) is 51.8 Å². The minimum atomic E-state index is -0.566. The van der Waals surface area contributed by atoms with Crippen LogP contribution in [0.25, 0.3) is 0 Å². The molecular weight excluding hydrogens is 334 g/mol. The zero-order valence-corrected chi connectivity index (χ0v) is 16.3. The van der Waals surface area contributed by atoms with Gasteiger partial charge in [-0.2, -0.15) is 0 Å². The molecule has 6 heteroatoms. The number of piperidine rings is 1. The number of rotatable bonds is 4. The molecule has 26 heavy (non-hydrogen) atoms. The lowest BCUT2D eigenvalue weighted by molar-refractivity contribution is -0.150. The molecule has 0 aliphatic carbocycles. The van der Waals surface area contributed by atoms with E-state index in [1.54, 1.807) is 18.9 Å². The normalized spacial score (nSPS) is 20.4. The number of amides is 1. The van der Waals surface area contributed by atoms with Crippen LogP contribution in [0.15, 0.2) is 24.3 Å². The Balaban J connectivity index is 2.18. The zero-order chi connectivity index (χ0) is 19.3. The lowest BCUT2D eigenvalue weighted by Gasteiger charge is -2.38. The summed E-state index contributed by atoms with van der Waals surface area (Å²) in [6.45, 7) is 8.44. The van der Waals surface area contributed by atoms with Gasteiger partial charge in [-0.3, -0.25) is 4.79 Å². The van der Waals surface area contributed by atoms with E-state index in [2.05, 4.69) is 0 Å². The smallest absolute Gasteiger partial charge is 0.410 e. The molecular formula is C20H29NO5. The fourth-order valence-corrected chi connectivity index (χ4v) is 3.18. The standard InChI is InChI=1S/C20H29NO5/c1-6-25-18(22)17-13-21(19(23)26-20(2,3)4)12-11-16(17)14-7-9-15(24-5)10-8-14/h7-10,16-17H,6,11-13H2,1-5H3/t16-,17+/m0/s1. The Hall–Kier alpha value is -2.24. The second-order valence-corrected chi connectivity index (χ2v) is 7.45. The quantitative estimate of drug-likeness (QED) is 0.765. The first kappa shape index (κ1) is 20.1. The van der Waals surface area contributed by atoms with Crippen molar-refractivity contribution in [1.82, 2.24) is 4.90 Å². The second kappa shape index (κ2) is 8.43. The van der Waals surface area contributed by atoms with E-state index in [0.29, 0.717) is 26.1 Å². The molecule has 2 rings (SSSR count). The number of nitrogens with zero attached hydrogens (tertiary/aromatic N) is 1. The van der Waals surface area contributed by atoms with Crippen LogP contribution in [0, 0.1) is 5.92 Å². The van der Waals surface area contributed by atoms with Gasteiger partial charge in [0.25, 0.3) is 0 Å². The summed E-state index contributed by atoms with van der Waals surface area (Å²) in [5.74, 6) is 0.0810. The van der Waals surface area contributed by atoms with Gasteiger partial charge < -0.3 is 19.1 Å². The molecule has 6 nitrogen and oxygen atoms in total. The Labute approximate surface area is 155 Å². The van der Waals surface area contributed by atoms with Crippen LogP contribution in [0.1, 0.15) is 45.6 Å². The van der Waals surface area contributed by atoms with E-state index < -0.39 is 11.5 Å². The molecule has 1 aliphatic heterocycles. The average Bonchev–Trinajstić information content (AvgIpc) is 2.60. The summed E-state index contributed by atoms with van der Waals surface area (Å²) in [6, 6.07) is 7.72. The van der Waals surface area contributed by atoms with E-state index in [4.69, 9.17) is 14.2 Å². The fourth-order valence-electron chi connectivity index (χ4n) is 3.18. The molecule has 1 aromatic carbocycles. The van der Waals surface area contributed by atoms with Crippen molar-refractivity contribution in [2.75, 3.05) is 26.8 Å². The van der Waals surface area contributed by atoms with Gasteiger partial charge in [0.2, 0.25) is 0 Å². The predicted octanol–water partition coefficient (Wildman–Crippen LogP) is 3.60. The number of methoxy groups -OCH3 is 1. The summed E-state index contributed by atoms with van der Waals surface area (Å²) in [4.78, 5) is 26.5. The third-order valence-electron chi connectivity index (χ3n) is 4.40. The molecule has 1 heterocycles. The number of carbonyl (C=O) groups is 2. The highest BCUT2D eigenvalue weighted by Crippen LogP contribution is 2.35. The van der Waals surface area contributed by atoms with Gasteiger partial charge in [0.15, 0.2) is 0 Å². The Morgan fingerprint density at radius 2 is 1.85 bits per heavy atom. The molecule has 2 atom stereocenters. The molecule has 1 aliphatic rings. The third kappa shape index (κ3) is 5.13. The van der Waals surface area contributed by atoms with E-state index in [9.17, 15) is 9.59 Å². The number of likely N-dealkylation sites (tertiary alicyclic amines) is 1. The average molecular weight is 363 g/mol. The van der Waals surface area contributed by atoms with Crippen molar-refractivity contribution in [3.8, 4) is 5.75 Å². The third-order valence-corrected chi connectivity index (χ3v) is 4.40. The largest absolute Gasteiger partial charge is 0.497 e. The molecule has 0 spiro atoms. The van der Waals surface area contributed by atoms with Crippen LogP contribution in [0.3, 0.4) is 0 Å². The molecule has 0 N–H and O–H groups in total. The first-order chi connectivity index (χ1) is 12.2.